The molecule has 2 aromatic heterocycles. The third kappa shape index (κ3) is 4.13. The van der Waals surface area contributed by atoms with E-state index in [1.54, 1.807) is 13.2 Å². The predicted molar refractivity (Wildman–Crippen MR) is 121 cm³/mol. The summed E-state index contributed by atoms with van der Waals surface area (Å²) >= 11 is 1.42. The lowest BCUT2D eigenvalue weighted by atomic mass is 9.83. The molecule has 3 aromatic rings. The minimum atomic E-state index is -0.0546. The van der Waals surface area contributed by atoms with E-state index in [0.717, 1.165) is 48.8 Å². The average Bonchev–Trinajstić information content (AvgIpc) is 3.23. The van der Waals surface area contributed by atoms with Crippen LogP contribution in [-0.4, -0.2) is 47.1 Å². The van der Waals surface area contributed by atoms with Gasteiger partial charge in [-0.25, -0.2) is 4.98 Å². The number of carbonyl (C=O) groups excluding carboxylic acids is 1. The zero-order chi connectivity index (χ0) is 21.4. The Labute approximate surface area is 184 Å². The van der Waals surface area contributed by atoms with Gasteiger partial charge in [0.05, 0.1) is 19.3 Å². The second-order valence-corrected chi connectivity index (χ2v) is 9.06. The van der Waals surface area contributed by atoms with Crippen LogP contribution < -0.4 is 15.6 Å². The van der Waals surface area contributed by atoms with Crippen molar-refractivity contribution in [3.63, 3.8) is 0 Å². The molecule has 1 amide bonds. The largest absolute Gasteiger partial charge is 0.497 e. The van der Waals surface area contributed by atoms with E-state index in [1.807, 2.05) is 46.3 Å². The van der Waals surface area contributed by atoms with Crippen LogP contribution in [0.15, 0.2) is 52.6 Å². The van der Waals surface area contributed by atoms with Crippen molar-refractivity contribution < 1.29 is 9.53 Å². The second-order valence-electron chi connectivity index (χ2n) is 8.21. The van der Waals surface area contributed by atoms with Crippen molar-refractivity contribution in [2.45, 2.75) is 18.9 Å². The van der Waals surface area contributed by atoms with E-state index in [1.165, 1.54) is 11.3 Å². The topological polar surface area (TPSA) is 76.5 Å². The van der Waals surface area contributed by atoms with Crippen LogP contribution in [0.3, 0.4) is 0 Å². The number of thiazole rings is 1. The Morgan fingerprint density at radius 2 is 2.03 bits per heavy atom. The molecule has 2 unspecified atom stereocenters. The quantitative estimate of drug-likeness (QED) is 0.665. The molecule has 7 nitrogen and oxygen atoms in total. The van der Waals surface area contributed by atoms with Crippen LogP contribution in [-0.2, 0) is 11.3 Å². The van der Waals surface area contributed by atoms with Gasteiger partial charge in [0.15, 0.2) is 5.13 Å². The van der Waals surface area contributed by atoms with Gasteiger partial charge in [0.1, 0.15) is 5.75 Å². The lowest BCUT2D eigenvalue weighted by molar-refractivity contribution is -0.117. The number of nitrogens with zero attached hydrogens (tertiary/aromatic N) is 3. The summed E-state index contributed by atoms with van der Waals surface area (Å²) in [7, 11) is 1.64. The fourth-order valence-corrected chi connectivity index (χ4v) is 5.45. The minimum absolute atomic E-state index is 0.0546. The molecule has 1 saturated heterocycles. The number of hydrogen-bond acceptors (Lipinski definition) is 6. The van der Waals surface area contributed by atoms with Gasteiger partial charge in [0, 0.05) is 48.3 Å². The van der Waals surface area contributed by atoms with Gasteiger partial charge < -0.3 is 14.6 Å². The molecule has 2 aliphatic rings. The van der Waals surface area contributed by atoms with Gasteiger partial charge in [-0.2, -0.15) is 0 Å². The third-order valence-electron chi connectivity index (χ3n) is 6.06. The number of rotatable bonds is 5. The maximum atomic E-state index is 12.7. The number of nitrogens with one attached hydrogen (secondary N) is 1. The van der Waals surface area contributed by atoms with E-state index in [-0.39, 0.29) is 11.5 Å². The Morgan fingerprint density at radius 3 is 2.84 bits per heavy atom. The molecule has 1 aromatic carbocycles. The monoisotopic (exact) mass is 436 g/mol. The molecule has 1 N–H and O–H groups in total. The molecule has 0 radical (unpaired) electrons. The summed E-state index contributed by atoms with van der Waals surface area (Å²) in [6.45, 7) is 2.70. The summed E-state index contributed by atoms with van der Waals surface area (Å²) in [5, 5.41) is 5.49. The molecule has 0 saturated carbocycles. The third-order valence-corrected chi connectivity index (χ3v) is 6.82. The van der Waals surface area contributed by atoms with Gasteiger partial charge >= 0.3 is 0 Å². The summed E-state index contributed by atoms with van der Waals surface area (Å²) in [5.41, 5.74) is 2.99. The van der Waals surface area contributed by atoms with Crippen molar-refractivity contribution in [2.24, 2.45) is 5.92 Å². The summed E-state index contributed by atoms with van der Waals surface area (Å²) < 4.78 is 7.10. The zero-order valence-corrected chi connectivity index (χ0v) is 18.1. The maximum Gasteiger partial charge on any atom is 0.250 e. The van der Waals surface area contributed by atoms with Crippen molar-refractivity contribution in [3.05, 3.63) is 63.9 Å². The highest BCUT2D eigenvalue weighted by Gasteiger charge is 2.34. The molecule has 2 bridgehead atoms. The first-order valence-electron chi connectivity index (χ1n) is 10.4. The van der Waals surface area contributed by atoms with Crippen molar-refractivity contribution in [2.75, 3.05) is 32.1 Å². The van der Waals surface area contributed by atoms with Gasteiger partial charge in [0.25, 0.3) is 5.56 Å². The van der Waals surface area contributed by atoms with Crippen LogP contribution in [0.4, 0.5) is 5.13 Å². The summed E-state index contributed by atoms with van der Waals surface area (Å²) in [4.78, 5) is 31.6. The fraction of sp³-hybridized carbons (Fsp3) is 0.348. The fourth-order valence-electron chi connectivity index (χ4n) is 4.71. The molecular weight excluding hydrogens is 412 g/mol. The molecule has 2 atom stereocenters. The van der Waals surface area contributed by atoms with Crippen molar-refractivity contribution >= 4 is 22.4 Å². The van der Waals surface area contributed by atoms with Crippen LogP contribution in [0.1, 0.15) is 18.0 Å². The zero-order valence-electron chi connectivity index (χ0n) is 17.3. The summed E-state index contributed by atoms with van der Waals surface area (Å²) in [6.07, 6.45) is 1.08. The van der Waals surface area contributed by atoms with Crippen molar-refractivity contribution in [1.82, 2.24) is 14.5 Å². The van der Waals surface area contributed by atoms with Gasteiger partial charge in [-0.05, 0) is 42.7 Å². The van der Waals surface area contributed by atoms with Crippen molar-refractivity contribution in [1.29, 1.82) is 0 Å². The SMILES string of the molecule is COc1ccc(-c2csc(NC(=O)CN3CC4CC(C3)c3cccc(=O)n3C4)n2)cc1. The smallest absolute Gasteiger partial charge is 0.250 e. The van der Waals surface area contributed by atoms with E-state index in [2.05, 4.69) is 15.2 Å². The van der Waals surface area contributed by atoms with Crippen LogP contribution in [0, 0.1) is 5.92 Å². The summed E-state index contributed by atoms with van der Waals surface area (Å²) in [6, 6.07) is 13.2. The van der Waals surface area contributed by atoms with E-state index in [0.29, 0.717) is 23.5 Å². The highest BCUT2D eigenvalue weighted by molar-refractivity contribution is 7.14. The van der Waals surface area contributed by atoms with Crippen molar-refractivity contribution in [3.8, 4) is 17.0 Å². The normalized spacial score (nSPS) is 20.2. The van der Waals surface area contributed by atoms with Gasteiger partial charge in [-0.3, -0.25) is 14.5 Å². The number of anilines is 1. The molecule has 2 aliphatic heterocycles. The van der Waals surface area contributed by atoms with E-state index in [9.17, 15) is 9.59 Å². The number of likely N-dealkylation sites (tertiary alicyclic amines) is 1. The number of carbonyl (C=O) groups is 1. The molecular formula is C23H24N4O3S. The second kappa shape index (κ2) is 8.28. The molecule has 31 heavy (non-hydrogen) atoms. The molecule has 1 fully saturated rings. The number of fused-ring (bicyclic) bond motifs is 4. The number of pyridine rings is 1. The number of hydrogen-bond donors (Lipinski definition) is 1. The number of benzene rings is 1. The van der Waals surface area contributed by atoms with E-state index in [4.69, 9.17) is 4.74 Å². The molecule has 4 heterocycles. The number of methoxy groups -OCH3 is 1. The molecule has 0 aliphatic carbocycles. The number of amides is 1. The molecule has 8 heteroatoms. The van der Waals surface area contributed by atoms with Crippen LogP contribution in [0.25, 0.3) is 11.3 Å². The number of piperidine rings is 1. The van der Waals surface area contributed by atoms with Crippen LogP contribution in [0.2, 0.25) is 0 Å². The Kier molecular flexibility index (Phi) is 5.33. The first-order valence-corrected chi connectivity index (χ1v) is 11.3. The summed E-state index contributed by atoms with van der Waals surface area (Å²) in [5.74, 6) is 1.45. The lowest BCUT2D eigenvalue weighted by Crippen LogP contribution is -2.49. The Bertz CT molecular complexity index is 1150. The number of aromatic nitrogens is 2. The number of ether oxygens (including phenoxy) is 1. The van der Waals surface area contributed by atoms with E-state index < -0.39 is 0 Å². The Hall–Kier alpha value is -2.97. The van der Waals surface area contributed by atoms with Gasteiger partial charge in [-0.1, -0.05) is 6.07 Å². The molecule has 0 spiro atoms. The van der Waals surface area contributed by atoms with Crippen LogP contribution >= 0.6 is 11.3 Å². The highest BCUT2D eigenvalue weighted by Crippen LogP contribution is 2.35. The molecule has 5 rings (SSSR count). The van der Waals surface area contributed by atoms with Gasteiger partial charge in [0.2, 0.25) is 5.91 Å². The van der Waals surface area contributed by atoms with Gasteiger partial charge in [-0.15, -0.1) is 11.3 Å². The van der Waals surface area contributed by atoms with E-state index >= 15 is 0 Å². The maximum absolute atomic E-state index is 12.7. The Balaban J connectivity index is 1.22. The predicted octanol–water partition coefficient (Wildman–Crippen LogP) is 3.04. The average molecular weight is 437 g/mol. The van der Waals surface area contributed by atoms with Crippen LogP contribution in [0.5, 0.6) is 5.75 Å². The first-order chi connectivity index (χ1) is 15.1. The minimum Gasteiger partial charge on any atom is -0.497 e. The Morgan fingerprint density at radius 1 is 1.19 bits per heavy atom. The lowest BCUT2D eigenvalue weighted by Gasteiger charge is -2.42. The molecule has 160 valence electrons. The standard InChI is InChI=1S/C23H24N4O3S/c1-30-18-7-5-16(6-8-18)19-14-31-23(24-19)25-21(28)13-26-10-15-9-17(12-26)20-3-2-4-22(29)27(20)11-15/h2-8,14-15,17H,9-13H2,1H3,(H,24,25,28). The first kappa shape index (κ1) is 20.0. The highest BCUT2D eigenvalue weighted by atomic mass is 32.1.